The van der Waals surface area contributed by atoms with E-state index in [-0.39, 0.29) is 0 Å². The van der Waals surface area contributed by atoms with Crippen molar-refractivity contribution in [3.05, 3.63) is 40.1 Å². The molecule has 0 saturated carbocycles. The summed E-state index contributed by atoms with van der Waals surface area (Å²) in [7, 11) is 0. The Hall–Kier alpha value is -0.790. The van der Waals surface area contributed by atoms with Crippen LogP contribution in [0.4, 0.5) is 0 Å². The Morgan fingerprint density at radius 1 is 1.00 bits per heavy atom. The van der Waals surface area contributed by atoms with Gasteiger partial charge in [0.1, 0.15) is 10.3 Å². The first-order valence-electron chi connectivity index (χ1n) is 3.90. The Labute approximate surface area is 86.3 Å². The van der Waals surface area contributed by atoms with Crippen LogP contribution >= 0.6 is 23.2 Å². The van der Waals surface area contributed by atoms with Crippen LogP contribution in [-0.4, -0.2) is 4.98 Å². The molecule has 0 atom stereocenters. The number of nitrogens with zero attached hydrogens (tertiary/aromatic N) is 1. The summed E-state index contributed by atoms with van der Waals surface area (Å²) >= 11 is 11.8. The molecule has 13 heavy (non-hydrogen) atoms. The lowest BCUT2D eigenvalue weighted by atomic mass is 10.1. The van der Waals surface area contributed by atoms with Crippen LogP contribution in [0, 0.1) is 6.92 Å². The molecule has 1 nitrogen and oxygen atoms in total. The van der Waals surface area contributed by atoms with Crippen molar-refractivity contribution in [2.75, 3.05) is 0 Å². The smallest absolute Gasteiger partial charge is 0.138 e. The van der Waals surface area contributed by atoms with Crippen LogP contribution in [0.5, 0.6) is 0 Å². The topological polar surface area (TPSA) is 12.9 Å². The minimum absolute atomic E-state index is 0.464. The molecule has 0 spiro atoms. The van der Waals surface area contributed by atoms with Gasteiger partial charge in [-0.25, -0.2) is 4.98 Å². The maximum Gasteiger partial charge on any atom is 0.138 e. The Balaban J connectivity index is 2.97. The number of halogens is 2. The molecule has 1 heterocycles. The first-order valence-corrected chi connectivity index (χ1v) is 4.66. The number of hydrogen-bond acceptors (Lipinski definition) is 1. The molecule has 0 aliphatic carbocycles. The van der Waals surface area contributed by atoms with Crippen molar-refractivity contribution in [2.45, 2.75) is 6.92 Å². The molecule has 3 heteroatoms. The molecule has 0 amide bonds. The van der Waals surface area contributed by atoms with E-state index in [0.29, 0.717) is 10.3 Å². The molecule has 1 aromatic heterocycles. The van der Waals surface area contributed by atoms with Crippen LogP contribution in [0.25, 0.3) is 10.8 Å². The van der Waals surface area contributed by atoms with Gasteiger partial charge in [-0.15, -0.1) is 0 Å². The monoisotopic (exact) mass is 211 g/mol. The minimum Gasteiger partial charge on any atom is -0.223 e. The van der Waals surface area contributed by atoms with Crippen LogP contribution in [0.2, 0.25) is 10.3 Å². The third kappa shape index (κ3) is 1.38. The van der Waals surface area contributed by atoms with Crippen molar-refractivity contribution < 1.29 is 0 Å². The second-order valence-electron chi connectivity index (χ2n) is 2.86. The van der Waals surface area contributed by atoms with Gasteiger partial charge in [-0.1, -0.05) is 47.5 Å². The SMILES string of the molecule is Cc1c(Cl)nc(Cl)c2ccccc12. The molecule has 2 aromatic rings. The molecule has 1 aromatic carbocycles. The van der Waals surface area contributed by atoms with Gasteiger partial charge in [-0.2, -0.15) is 0 Å². The quantitative estimate of drug-likeness (QED) is 0.604. The van der Waals surface area contributed by atoms with Crippen molar-refractivity contribution in [2.24, 2.45) is 0 Å². The number of aryl methyl sites for hydroxylation is 1. The average Bonchev–Trinajstić information content (AvgIpc) is 2.15. The Morgan fingerprint density at radius 2 is 1.62 bits per heavy atom. The Morgan fingerprint density at radius 3 is 2.31 bits per heavy atom. The molecule has 2 rings (SSSR count). The van der Waals surface area contributed by atoms with Gasteiger partial charge < -0.3 is 0 Å². The van der Waals surface area contributed by atoms with E-state index in [4.69, 9.17) is 23.2 Å². The van der Waals surface area contributed by atoms with E-state index in [2.05, 4.69) is 4.98 Å². The summed E-state index contributed by atoms with van der Waals surface area (Å²) in [5.41, 5.74) is 0.974. The molecular formula is C10H7Cl2N. The maximum absolute atomic E-state index is 5.94. The highest BCUT2D eigenvalue weighted by Crippen LogP contribution is 2.28. The predicted molar refractivity (Wildman–Crippen MR) is 56.5 cm³/mol. The minimum atomic E-state index is 0.464. The first-order chi connectivity index (χ1) is 6.20. The van der Waals surface area contributed by atoms with E-state index in [1.165, 1.54) is 0 Å². The summed E-state index contributed by atoms with van der Waals surface area (Å²) in [5, 5.41) is 2.95. The highest BCUT2D eigenvalue weighted by molar-refractivity contribution is 6.37. The Kier molecular flexibility index (Phi) is 2.14. The van der Waals surface area contributed by atoms with E-state index in [1.807, 2.05) is 31.2 Å². The lowest BCUT2D eigenvalue weighted by Crippen LogP contribution is -1.86. The predicted octanol–water partition coefficient (Wildman–Crippen LogP) is 3.85. The van der Waals surface area contributed by atoms with Gasteiger partial charge in [0.25, 0.3) is 0 Å². The van der Waals surface area contributed by atoms with Gasteiger partial charge in [0.2, 0.25) is 0 Å². The van der Waals surface area contributed by atoms with Crippen LogP contribution in [0.15, 0.2) is 24.3 Å². The van der Waals surface area contributed by atoms with Gasteiger partial charge in [0.05, 0.1) is 0 Å². The second kappa shape index (κ2) is 3.17. The van der Waals surface area contributed by atoms with Gasteiger partial charge in [-0.3, -0.25) is 0 Å². The third-order valence-corrected chi connectivity index (χ3v) is 2.72. The molecule has 66 valence electrons. The molecule has 0 saturated heterocycles. The zero-order valence-corrected chi connectivity index (χ0v) is 8.52. The summed E-state index contributed by atoms with van der Waals surface area (Å²) < 4.78 is 0. The molecule has 0 bridgehead atoms. The highest BCUT2D eigenvalue weighted by Gasteiger charge is 2.06. The fraction of sp³-hybridized carbons (Fsp3) is 0.100. The molecular weight excluding hydrogens is 205 g/mol. The fourth-order valence-electron chi connectivity index (χ4n) is 1.33. The number of rotatable bonds is 0. The second-order valence-corrected chi connectivity index (χ2v) is 3.58. The summed E-state index contributed by atoms with van der Waals surface area (Å²) in [4.78, 5) is 4.03. The van der Waals surface area contributed by atoms with Crippen LogP contribution in [0.3, 0.4) is 0 Å². The molecule has 0 aliphatic heterocycles. The summed E-state index contributed by atoms with van der Waals surface area (Å²) in [5.74, 6) is 0. The van der Waals surface area contributed by atoms with E-state index in [0.717, 1.165) is 16.3 Å². The summed E-state index contributed by atoms with van der Waals surface area (Å²) in [6.07, 6.45) is 0. The molecule has 0 unspecified atom stereocenters. The molecule has 0 N–H and O–H groups in total. The molecule has 0 aliphatic rings. The number of pyridine rings is 1. The van der Waals surface area contributed by atoms with Crippen molar-refractivity contribution in [3.63, 3.8) is 0 Å². The van der Waals surface area contributed by atoms with E-state index in [1.54, 1.807) is 0 Å². The van der Waals surface area contributed by atoms with Crippen LogP contribution < -0.4 is 0 Å². The third-order valence-electron chi connectivity index (χ3n) is 2.06. The van der Waals surface area contributed by atoms with Crippen LogP contribution in [0.1, 0.15) is 5.56 Å². The Bertz CT molecular complexity index is 466. The lowest BCUT2D eigenvalue weighted by Gasteiger charge is -2.04. The zero-order chi connectivity index (χ0) is 9.42. The summed E-state index contributed by atoms with van der Waals surface area (Å²) in [6.45, 7) is 1.94. The summed E-state index contributed by atoms with van der Waals surface area (Å²) in [6, 6.07) is 7.82. The van der Waals surface area contributed by atoms with E-state index in [9.17, 15) is 0 Å². The van der Waals surface area contributed by atoms with Crippen molar-refractivity contribution >= 4 is 34.0 Å². The van der Waals surface area contributed by atoms with E-state index >= 15 is 0 Å². The number of benzene rings is 1. The van der Waals surface area contributed by atoms with Gasteiger partial charge in [-0.05, 0) is 17.9 Å². The molecule has 0 fully saturated rings. The van der Waals surface area contributed by atoms with Gasteiger partial charge in [0.15, 0.2) is 0 Å². The molecule has 0 radical (unpaired) electrons. The lowest BCUT2D eigenvalue weighted by molar-refractivity contribution is 1.31. The normalized spacial score (nSPS) is 10.7. The zero-order valence-electron chi connectivity index (χ0n) is 7.01. The van der Waals surface area contributed by atoms with Crippen molar-refractivity contribution in [1.82, 2.24) is 4.98 Å². The number of hydrogen-bond donors (Lipinski definition) is 0. The largest absolute Gasteiger partial charge is 0.223 e. The average molecular weight is 212 g/mol. The standard InChI is InChI=1S/C10H7Cl2N/c1-6-7-4-2-3-5-8(7)10(12)13-9(6)11/h2-5H,1H3. The van der Waals surface area contributed by atoms with Crippen molar-refractivity contribution in [3.8, 4) is 0 Å². The van der Waals surface area contributed by atoms with Crippen LogP contribution in [-0.2, 0) is 0 Å². The van der Waals surface area contributed by atoms with E-state index < -0.39 is 0 Å². The first kappa shape index (κ1) is 8.79. The fourth-order valence-corrected chi connectivity index (χ4v) is 1.81. The number of fused-ring (bicyclic) bond motifs is 1. The maximum atomic E-state index is 5.94. The number of aromatic nitrogens is 1. The van der Waals surface area contributed by atoms with Gasteiger partial charge >= 0.3 is 0 Å². The highest BCUT2D eigenvalue weighted by atomic mass is 35.5. The van der Waals surface area contributed by atoms with Gasteiger partial charge in [0, 0.05) is 5.39 Å². The van der Waals surface area contributed by atoms with Crippen molar-refractivity contribution in [1.29, 1.82) is 0 Å².